The minimum Gasteiger partial charge on any atom is -0.462 e. The van der Waals surface area contributed by atoms with E-state index in [1.807, 2.05) is 18.2 Å². The number of carbonyl (C=O) groups excluding carboxylic acids is 1. The van der Waals surface area contributed by atoms with E-state index in [4.69, 9.17) is 4.74 Å². The zero-order valence-corrected chi connectivity index (χ0v) is 12.0. The summed E-state index contributed by atoms with van der Waals surface area (Å²) in [7, 11) is 0. The van der Waals surface area contributed by atoms with E-state index >= 15 is 0 Å². The molecule has 1 aromatic carbocycles. The summed E-state index contributed by atoms with van der Waals surface area (Å²) in [6.07, 6.45) is 3.23. The van der Waals surface area contributed by atoms with Crippen LogP contribution in [-0.2, 0) is 11.2 Å². The van der Waals surface area contributed by atoms with E-state index < -0.39 is 0 Å². The molecule has 3 nitrogen and oxygen atoms in total. The van der Waals surface area contributed by atoms with Crippen molar-refractivity contribution in [2.75, 3.05) is 6.61 Å². The summed E-state index contributed by atoms with van der Waals surface area (Å²) in [6, 6.07) is 13.6. The van der Waals surface area contributed by atoms with Crippen LogP contribution in [0.2, 0.25) is 0 Å². The van der Waals surface area contributed by atoms with Crippen molar-refractivity contribution in [1.29, 1.82) is 0 Å². The SMILES string of the molecule is O=C(OCCCc1ccccc1)c1ccc(Br)nc1. The van der Waals surface area contributed by atoms with E-state index in [0.29, 0.717) is 16.8 Å². The van der Waals surface area contributed by atoms with Gasteiger partial charge in [-0.25, -0.2) is 9.78 Å². The van der Waals surface area contributed by atoms with E-state index in [1.54, 1.807) is 12.1 Å². The third-order valence-corrected chi connectivity index (χ3v) is 3.12. The maximum Gasteiger partial charge on any atom is 0.339 e. The van der Waals surface area contributed by atoms with Crippen LogP contribution < -0.4 is 0 Å². The molecule has 0 amide bonds. The van der Waals surface area contributed by atoms with Crippen LogP contribution in [0.25, 0.3) is 0 Å². The van der Waals surface area contributed by atoms with Crippen molar-refractivity contribution < 1.29 is 9.53 Å². The Morgan fingerprint density at radius 3 is 2.63 bits per heavy atom. The van der Waals surface area contributed by atoms with Gasteiger partial charge < -0.3 is 4.74 Å². The standard InChI is InChI=1S/C15H14BrNO2/c16-14-9-8-13(11-17-14)15(18)19-10-4-7-12-5-2-1-3-6-12/h1-3,5-6,8-9,11H,4,7,10H2. The highest BCUT2D eigenvalue weighted by Crippen LogP contribution is 2.08. The number of benzene rings is 1. The van der Waals surface area contributed by atoms with Crippen LogP contribution in [0.4, 0.5) is 0 Å². The molecule has 0 aliphatic heterocycles. The van der Waals surface area contributed by atoms with Gasteiger partial charge in [-0.05, 0) is 46.5 Å². The van der Waals surface area contributed by atoms with Crippen molar-refractivity contribution in [2.24, 2.45) is 0 Å². The van der Waals surface area contributed by atoms with Crippen LogP contribution in [-0.4, -0.2) is 17.6 Å². The Morgan fingerprint density at radius 1 is 1.16 bits per heavy atom. The molecule has 0 fully saturated rings. The molecule has 0 saturated heterocycles. The molecule has 0 atom stereocenters. The van der Waals surface area contributed by atoms with Gasteiger partial charge in [0.1, 0.15) is 4.60 Å². The van der Waals surface area contributed by atoms with Gasteiger partial charge in [0.2, 0.25) is 0 Å². The van der Waals surface area contributed by atoms with Gasteiger partial charge in [-0.1, -0.05) is 30.3 Å². The van der Waals surface area contributed by atoms with Crippen LogP contribution in [0.3, 0.4) is 0 Å². The monoisotopic (exact) mass is 319 g/mol. The van der Waals surface area contributed by atoms with Crippen LogP contribution >= 0.6 is 15.9 Å². The summed E-state index contributed by atoms with van der Waals surface area (Å²) in [5.74, 6) is -0.326. The molecule has 2 rings (SSSR count). The maximum atomic E-state index is 11.7. The Kier molecular flexibility index (Phi) is 5.10. The zero-order valence-electron chi connectivity index (χ0n) is 10.4. The molecule has 0 unspecified atom stereocenters. The number of aromatic nitrogens is 1. The zero-order chi connectivity index (χ0) is 13.5. The van der Waals surface area contributed by atoms with E-state index in [0.717, 1.165) is 12.8 Å². The Hall–Kier alpha value is -1.68. The first-order valence-electron chi connectivity index (χ1n) is 6.08. The quantitative estimate of drug-likeness (QED) is 0.480. The maximum absolute atomic E-state index is 11.7. The van der Waals surface area contributed by atoms with Crippen molar-refractivity contribution in [2.45, 2.75) is 12.8 Å². The molecule has 0 N–H and O–H groups in total. The van der Waals surface area contributed by atoms with E-state index in [2.05, 4.69) is 33.0 Å². The summed E-state index contributed by atoms with van der Waals surface area (Å²) >= 11 is 3.22. The number of pyridine rings is 1. The molecule has 0 radical (unpaired) electrons. The molecule has 1 aromatic heterocycles. The first-order chi connectivity index (χ1) is 9.25. The van der Waals surface area contributed by atoms with Crippen LogP contribution in [0.15, 0.2) is 53.3 Å². The van der Waals surface area contributed by atoms with Crippen molar-refractivity contribution in [3.63, 3.8) is 0 Å². The van der Waals surface area contributed by atoms with Gasteiger partial charge in [0, 0.05) is 6.20 Å². The van der Waals surface area contributed by atoms with Gasteiger partial charge in [-0.2, -0.15) is 0 Å². The van der Waals surface area contributed by atoms with E-state index in [-0.39, 0.29) is 5.97 Å². The molecule has 1 heterocycles. The molecule has 19 heavy (non-hydrogen) atoms. The minimum atomic E-state index is -0.326. The molecule has 2 aromatic rings. The number of rotatable bonds is 5. The Labute approximate surface area is 120 Å². The molecule has 0 aliphatic carbocycles. The summed E-state index contributed by atoms with van der Waals surface area (Å²) in [6.45, 7) is 0.420. The lowest BCUT2D eigenvalue weighted by Crippen LogP contribution is -2.07. The Morgan fingerprint density at radius 2 is 1.95 bits per heavy atom. The highest BCUT2D eigenvalue weighted by atomic mass is 79.9. The van der Waals surface area contributed by atoms with Gasteiger partial charge in [-0.3, -0.25) is 0 Å². The van der Waals surface area contributed by atoms with Gasteiger partial charge in [0.15, 0.2) is 0 Å². The smallest absolute Gasteiger partial charge is 0.339 e. The van der Waals surface area contributed by atoms with Gasteiger partial charge in [0.05, 0.1) is 12.2 Å². The lowest BCUT2D eigenvalue weighted by molar-refractivity contribution is 0.0500. The number of esters is 1. The summed E-state index contributed by atoms with van der Waals surface area (Å²) in [5, 5.41) is 0. The Balaban J connectivity index is 1.74. The molecule has 98 valence electrons. The van der Waals surface area contributed by atoms with Crippen LogP contribution in [0.1, 0.15) is 22.3 Å². The summed E-state index contributed by atoms with van der Waals surface area (Å²) in [4.78, 5) is 15.7. The van der Waals surface area contributed by atoms with Gasteiger partial charge in [-0.15, -0.1) is 0 Å². The first-order valence-corrected chi connectivity index (χ1v) is 6.87. The molecular weight excluding hydrogens is 306 g/mol. The topological polar surface area (TPSA) is 39.2 Å². The molecule has 4 heteroatoms. The third kappa shape index (κ3) is 4.48. The first kappa shape index (κ1) is 13.7. The largest absolute Gasteiger partial charge is 0.462 e. The predicted octanol–water partition coefficient (Wildman–Crippen LogP) is 3.63. The lowest BCUT2D eigenvalue weighted by Gasteiger charge is -2.04. The summed E-state index contributed by atoms with van der Waals surface area (Å²) < 4.78 is 5.90. The average molecular weight is 320 g/mol. The average Bonchev–Trinajstić information content (AvgIpc) is 2.45. The normalized spacial score (nSPS) is 10.2. The Bertz CT molecular complexity index is 526. The second-order valence-electron chi connectivity index (χ2n) is 4.09. The van der Waals surface area contributed by atoms with Crippen molar-refractivity contribution in [3.05, 3.63) is 64.4 Å². The van der Waals surface area contributed by atoms with E-state index in [1.165, 1.54) is 11.8 Å². The van der Waals surface area contributed by atoms with Crippen LogP contribution in [0.5, 0.6) is 0 Å². The minimum absolute atomic E-state index is 0.326. The number of nitrogens with zero attached hydrogens (tertiary/aromatic N) is 1. The van der Waals surface area contributed by atoms with Gasteiger partial charge >= 0.3 is 5.97 Å². The number of ether oxygens (including phenoxy) is 1. The highest BCUT2D eigenvalue weighted by Gasteiger charge is 2.06. The highest BCUT2D eigenvalue weighted by molar-refractivity contribution is 9.10. The van der Waals surface area contributed by atoms with Crippen molar-refractivity contribution in [3.8, 4) is 0 Å². The fraction of sp³-hybridized carbons (Fsp3) is 0.200. The number of halogens is 1. The summed E-state index contributed by atoms with van der Waals surface area (Å²) in [5.41, 5.74) is 1.73. The molecule has 0 saturated carbocycles. The molecule has 0 spiro atoms. The number of hydrogen-bond acceptors (Lipinski definition) is 3. The third-order valence-electron chi connectivity index (χ3n) is 2.65. The molecule has 0 aliphatic rings. The van der Waals surface area contributed by atoms with Gasteiger partial charge in [0.25, 0.3) is 0 Å². The lowest BCUT2D eigenvalue weighted by atomic mass is 10.1. The molecular formula is C15H14BrNO2. The second-order valence-corrected chi connectivity index (χ2v) is 4.91. The fourth-order valence-electron chi connectivity index (χ4n) is 1.67. The number of carbonyl (C=O) groups is 1. The van der Waals surface area contributed by atoms with Crippen molar-refractivity contribution in [1.82, 2.24) is 4.98 Å². The fourth-order valence-corrected chi connectivity index (χ4v) is 1.90. The molecule has 0 bridgehead atoms. The van der Waals surface area contributed by atoms with Crippen LogP contribution in [0, 0.1) is 0 Å². The second kappa shape index (κ2) is 7.04. The van der Waals surface area contributed by atoms with Crippen molar-refractivity contribution >= 4 is 21.9 Å². The predicted molar refractivity (Wildman–Crippen MR) is 77.0 cm³/mol. The number of hydrogen-bond donors (Lipinski definition) is 0. The van der Waals surface area contributed by atoms with E-state index in [9.17, 15) is 4.79 Å². The number of aryl methyl sites for hydroxylation is 1.